The van der Waals surface area contributed by atoms with Crippen molar-refractivity contribution in [3.8, 4) is 0 Å². The third kappa shape index (κ3) is 3.04. The van der Waals surface area contributed by atoms with Crippen LogP contribution in [0.2, 0.25) is 4.34 Å². The molecule has 1 heterocycles. The summed E-state index contributed by atoms with van der Waals surface area (Å²) in [5.41, 5.74) is -0.624. The van der Waals surface area contributed by atoms with Crippen molar-refractivity contribution in [2.24, 2.45) is 11.8 Å². The lowest BCUT2D eigenvalue weighted by molar-refractivity contribution is 0.0227. The van der Waals surface area contributed by atoms with Crippen LogP contribution in [0.1, 0.15) is 50.8 Å². The molecular formula is C14H21ClOS. The van der Waals surface area contributed by atoms with Crippen LogP contribution in [0.5, 0.6) is 0 Å². The molecule has 2 atom stereocenters. The van der Waals surface area contributed by atoms with Gasteiger partial charge in [-0.05, 0) is 49.7 Å². The molecule has 0 saturated heterocycles. The van der Waals surface area contributed by atoms with Gasteiger partial charge in [0.25, 0.3) is 0 Å². The van der Waals surface area contributed by atoms with Crippen LogP contribution in [0.25, 0.3) is 0 Å². The number of halogens is 1. The molecule has 1 aromatic heterocycles. The molecule has 1 N–H and O–H groups in total. The predicted molar refractivity (Wildman–Crippen MR) is 74.6 cm³/mol. The van der Waals surface area contributed by atoms with E-state index in [1.807, 2.05) is 12.1 Å². The van der Waals surface area contributed by atoms with E-state index >= 15 is 0 Å². The highest BCUT2D eigenvalue weighted by molar-refractivity contribution is 7.16. The highest BCUT2D eigenvalue weighted by Crippen LogP contribution is 2.42. The second kappa shape index (κ2) is 5.29. The summed E-state index contributed by atoms with van der Waals surface area (Å²) >= 11 is 7.50. The highest BCUT2D eigenvalue weighted by atomic mass is 35.5. The first kappa shape index (κ1) is 13.4. The Balaban J connectivity index is 2.11. The molecule has 1 aliphatic rings. The molecule has 1 nitrogen and oxygen atoms in total. The summed E-state index contributed by atoms with van der Waals surface area (Å²) in [6, 6.07) is 3.88. The summed E-state index contributed by atoms with van der Waals surface area (Å²) in [5, 5.41) is 10.8. The zero-order valence-corrected chi connectivity index (χ0v) is 12.2. The molecule has 0 spiro atoms. The molecule has 0 bridgehead atoms. The van der Waals surface area contributed by atoms with Gasteiger partial charge in [0.15, 0.2) is 0 Å². The lowest BCUT2D eigenvalue weighted by Crippen LogP contribution is -2.23. The lowest BCUT2D eigenvalue weighted by Gasteiger charge is -2.25. The molecule has 1 aliphatic carbocycles. The summed E-state index contributed by atoms with van der Waals surface area (Å²) < 4.78 is 0.776. The standard InChI is InChI=1S/C14H21ClOS/c1-10(2)11-4-3-8-14(16,9-7-11)12-5-6-13(15)17-12/h5-6,10-11,16H,3-4,7-9H2,1-2H3. The van der Waals surface area contributed by atoms with E-state index in [1.165, 1.54) is 17.8 Å². The van der Waals surface area contributed by atoms with E-state index in [0.717, 1.165) is 46.7 Å². The van der Waals surface area contributed by atoms with E-state index in [2.05, 4.69) is 13.8 Å². The highest BCUT2D eigenvalue weighted by Gasteiger charge is 2.34. The minimum Gasteiger partial charge on any atom is -0.384 e. The fourth-order valence-corrected chi connectivity index (χ4v) is 4.02. The third-order valence-corrected chi connectivity index (χ3v) is 5.49. The van der Waals surface area contributed by atoms with Gasteiger partial charge in [-0.2, -0.15) is 0 Å². The first-order valence-corrected chi connectivity index (χ1v) is 7.69. The van der Waals surface area contributed by atoms with Crippen molar-refractivity contribution in [1.82, 2.24) is 0 Å². The number of hydrogen-bond acceptors (Lipinski definition) is 2. The van der Waals surface area contributed by atoms with Gasteiger partial charge in [0.05, 0.1) is 9.94 Å². The predicted octanol–water partition coefficient (Wildman–Crippen LogP) is 4.83. The Bertz CT molecular complexity index is 374. The van der Waals surface area contributed by atoms with Crippen LogP contribution >= 0.6 is 22.9 Å². The van der Waals surface area contributed by atoms with Gasteiger partial charge in [-0.25, -0.2) is 0 Å². The quantitative estimate of drug-likeness (QED) is 0.765. The van der Waals surface area contributed by atoms with Crippen molar-refractivity contribution in [3.63, 3.8) is 0 Å². The smallest absolute Gasteiger partial charge is 0.0988 e. The second-order valence-corrected chi connectivity index (χ2v) is 7.29. The zero-order chi connectivity index (χ0) is 12.5. The van der Waals surface area contributed by atoms with Gasteiger partial charge < -0.3 is 5.11 Å². The SMILES string of the molecule is CC(C)C1CCCC(O)(c2ccc(Cl)s2)CC1. The van der Waals surface area contributed by atoms with Gasteiger partial charge in [0.2, 0.25) is 0 Å². The fourth-order valence-electron chi connectivity index (χ4n) is 2.83. The van der Waals surface area contributed by atoms with E-state index in [0.29, 0.717) is 0 Å². The van der Waals surface area contributed by atoms with Crippen LogP contribution in [0.3, 0.4) is 0 Å². The lowest BCUT2D eigenvalue weighted by atomic mass is 9.87. The Hall–Kier alpha value is -0.0500. The number of thiophene rings is 1. The Morgan fingerprint density at radius 1 is 1.35 bits per heavy atom. The van der Waals surface area contributed by atoms with Crippen molar-refractivity contribution < 1.29 is 5.11 Å². The van der Waals surface area contributed by atoms with Crippen molar-refractivity contribution in [3.05, 3.63) is 21.3 Å². The molecular weight excluding hydrogens is 252 g/mol. The Morgan fingerprint density at radius 2 is 2.12 bits per heavy atom. The maximum atomic E-state index is 10.8. The second-order valence-electron chi connectivity index (χ2n) is 5.57. The molecule has 17 heavy (non-hydrogen) atoms. The van der Waals surface area contributed by atoms with Crippen molar-refractivity contribution in [2.75, 3.05) is 0 Å². The van der Waals surface area contributed by atoms with Gasteiger partial charge in [-0.3, -0.25) is 0 Å². The van der Waals surface area contributed by atoms with E-state index in [-0.39, 0.29) is 0 Å². The zero-order valence-electron chi connectivity index (χ0n) is 10.6. The van der Waals surface area contributed by atoms with Crippen LogP contribution < -0.4 is 0 Å². The van der Waals surface area contributed by atoms with E-state index < -0.39 is 5.60 Å². The third-order valence-electron chi connectivity index (χ3n) is 4.07. The number of hydrogen-bond donors (Lipinski definition) is 1. The summed E-state index contributed by atoms with van der Waals surface area (Å²) in [4.78, 5) is 1.05. The van der Waals surface area contributed by atoms with Gasteiger partial charge in [0.1, 0.15) is 0 Å². The van der Waals surface area contributed by atoms with Gasteiger partial charge in [0, 0.05) is 4.88 Å². The average Bonchev–Trinajstić information content (AvgIpc) is 2.59. The summed E-state index contributed by atoms with van der Waals surface area (Å²) in [5.74, 6) is 1.49. The van der Waals surface area contributed by atoms with Gasteiger partial charge in [-0.15, -0.1) is 11.3 Å². The number of aliphatic hydroxyl groups is 1. The van der Waals surface area contributed by atoms with Crippen LogP contribution in [0.15, 0.2) is 12.1 Å². The van der Waals surface area contributed by atoms with E-state index in [4.69, 9.17) is 11.6 Å². The van der Waals surface area contributed by atoms with Crippen molar-refractivity contribution in [1.29, 1.82) is 0 Å². The van der Waals surface area contributed by atoms with E-state index in [9.17, 15) is 5.11 Å². The molecule has 2 unspecified atom stereocenters. The Labute approximate surface area is 113 Å². The maximum absolute atomic E-state index is 10.8. The van der Waals surface area contributed by atoms with Crippen molar-refractivity contribution in [2.45, 2.75) is 51.6 Å². The average molecular weight is 273 g/mol. The van der Waals surface area contributed by atoms with Crippen LogP contribution in [-0.2, 0) is 5.60 Å². The normalized spacial score (nSPS) is 30.5. The monoisotopic (exact) mass is 272 g/mol. The minimum absolute atomic E-state index is 0.624. The fraction of sp³-hybridized carbons (Fsp3) is 0.714. The maximum Gasteiger partial charge on any atom is 0.0988 e. The van der Waals surface area contributed by atoms with Gasteiger partial charge >= 0.3 is 0 Å². The summed E-state index contributed by atoms with van der Waals surface area (Å²) in [6.45, 7) is 4.58. The van der Waals surface area contributed by atoms with Gasteiger partial charge in [-0.1, -0.05) is 31.9 Å². The van der Waals surface area contributed by atoms with Crippen LogP contribution in [-0.4, -0.2) is 5.11 Å². The molecule has 1 saturated carbocycles. The molecule has 1 aromatic rings. The van der Waals surface area contributed by atoms with E-state index in [1.54, 1.807) is 0 Å². The Kier molecular flexibility index (Phi) is 4.17. The molecule has 0 amide bonds. The molecule has 2 rings (SSSR count). The van der Waals surface area contributed by atoms with Crippen LogP contribution in [0, 0.1) is 11.8 Å². The molecule has 0 aromatic carbocycles. The largest absolute Gasteiger partial charge is 0.384 e. The molecule has 0 aliphatic heterocycles. The first-order valence-electron chi connectivity index (χ1n) is 6.49. The molecule has 0 radical (unpaired) electrons. The molecule has 96 valence electrons. The Morgan fingerprint density at radius 3 is 2.71 bits per heavy atom. The summed E-state index contributed by atoms with van der Waals surface area (Å²) in [7, 11) is 0. The van der Waals surface area contributed by atoms with Crippen LogP contribution in [0.4, 0.5) is 0 Å². The number of rotatable bonds is 2. The molecule has 1 fully saturated rings. The molecule has 3 heteroatoms. The minimum atomic E-state index is -0.624. The van der Waals surface area contributed by atoms with Crippen molar-refractivity contribution >= 4 is 22.9 Å². The topological polar surface area (TPSA) is 20.2 Å². The first-order chi connectivity index (χ1) is 8.01. The summed E-state index contributed by atoms with van der Waals surface area (Å²) in [6.07, 6.45) is 5.26.